The fourth-order valence-electron chi connectivity index (χ4n) is 2.95. The number of anilines is 2. The topological polar surface area (TPSA) is 88.1 Å². The summed E-state index contributed by atoms with van der Waals surface area (Å²) in [5, 5.41) is 4.64. The number of hydrazone groups is 1. The van der Waals surface area contributed by atoms with Gasteiger partial charge in [-0.1, -0.05) is 29.8 Å². The Labute approximate surface area is 166 Å². The van der Waals surface area contributed by atoms with Gasteiger partial charge in [-0.3, -0.25) is 19.9 Å². The van der Waals surface area contributed by atoms with Gasteiger partial charge >= 0.3 is 11.9 Å². The average molecular weight is 400 g/mol. The summed E-state index contributed by atoms with van der Waals surface area (Å²) in [7, 11) is 0. The molecular weight excluding hydrogens is 382 g/mol. The minimum absolute atomic E-state index is 0.0946. The van der Waals surface area contributed by atoms with Gasteiger partial charge in [-0.25, -0.2) is 4.79 Å². The van der Waals surface area contributed by atoms with Crippen molar-refractivity contribution in [1.29, 1.82) is 0 Å². The molecule has 28 heavy (non-hydrogen) atoms. The van der Waals surface area contributed by atoms with Crippen LogP contribution >= 0.6 is 11.6 Å². The highest BCUT2D eigenvalue weighted by molar-refractivity contribution is 6.75. The molecule has 0 radical (unpaired) electrons. The van der Waals surface area contributed by atoms with E-state index in [4.69, 9.17) is 16.3 Å². The summed E-state index contributed by atoms with van der Waals surface area (Å²) in [6.07, 6.45) is 0. The number of benzene rings is 2. The van der Waals surface area contributed by atoms with Crippen molar-refractivity contribution in [3.8, 4) is 0 Å². The van der Waals surface area contributed by atoms with Crippen LogP contribution in [0.4, 0.5) is 11.4 Å². The summed E-state index contributed by atoms with van der Waals surface area (Å²) in [5.41, 5.74) is 1.71. The van der Waals surface area contributed by atoms with E-state index in [0.717, 1.165) is 4.90 Å². The Morgan fingerprint density at radius 3 is 2.39 bits per heavy atom. The number of esters is 1. The van der Waals surface area contributed by atoms with Crippen LogP contribution in [0.2, 0.25) is 5.02 Å². The number of ether oxygens (including phenoxy) is 1. The molecular formula is C20H18ClN3O4. The summed E-state index contributed by atoms with van der Waals surface area (Å²) >= 11 is 5.86. The molecule has 7 nitrogen and oxygen atoms in total. The van der Waals surface area contributed by atoms with Crippen molar-refractivity contribution in [2.45, 2.75) is 19.4 Å². The highest BCUT2D eigenvalue weighted by Gasteiger charge is 2.60. The first-order valence-electron chi connectivity index (χ1n) is 8.60. The maximum atomic E-state index is 12.8. The van der Waals surface area contributed by atoms with Crippen LogP contribution in [0, 0.1) is 0 Å². The largest absolute Gasteiger partial charge is 0.464 e. The number of nitrogens with zero attached hydrogens (tertiary/aromatic N) is 2. The van der Waals surface area contributed by atoms with Gasteiger partial charge in [0.2, 0.25) is 0 Å². The van der Waals surface area contributed by atoms with E-state index < -0.39 is 23.2 Å². The molecule has 1 unspecified atom stereocenters. The van der Waals surface area contributed by atoms with E-state index in [1.807, 2.05) is 0 Å². The van der Waals surface area contributed by atoms with Gasteiger partial charge in [-0.15, -0.1) is 0 Å². The van der Waals surface area contributed by atoms with Gasteiger partial charge in [0.1, 0.15) is 0 Å². The Morgan fingerprint density at radius 2 is 1.79 bits per heavy atom. The van der Waals surface area contributed by atoms with Crippen LogP contribution in [0.5, 0.6) is 0 Å². The maximum Gasteiger partial charge on any atom is 0.338 e. The summed E-state index contributed by atoms with van der Waals surface area (Å²) in [5.74, 6) is -2.46. The molecule has 1 fully saturated rings. The summed E-state index contributed by atoms with van der Waals surface area (Å²) in [4.78, 5) is 39.4. The SMILES string of the molecule is CCOC(=O)C1(C)/C(=N\Nc2ccc(Cl)cc2)C(=O)C(=O)N1c1ccccc1. The predicted octanol–water partition coefficient (Wildman–Crippen LogP) is 3.05. The first-order valence-corrected chi connectivity index (χ1v) is 8.98. The number of rotatable bonds is 5. The van der Waals surface area contributed by atoms with E-state index in [2.05, 4.69) is 10.5 Å². The molecule has 1 aliphatic rings. The highest BCUT2D eigenvalue weighted by Crippen LogP contribution is 2.33. The fraction of sp³-hybridized carbons (Fsp3) is 0.200. The molecule has 3 rings (SSSR count). The molecule has 1 aliphatic heterocycles. The lowest BCUT2D eigenvalue weighted by molar-refractivity contribution is -0.147. The van der Waals surface area contributed by atoms with Crippen LogP contribution in [0.15, 0.2) is 59.7 Å². The Morgan fingerprint density at radius 1 is 1.14 bits per heavy atom. The molecule has 8 heteroatoms. The monoisotopic (exact) mass is 399 g/mol. The molecule has 1 N–H and O–H groups in total. The molecule has 0 bridgehead atoms. The van der Waals surface area contributed by atoms with Crippen LogP contribution in [0.25, 0.3) is 0 Å². The maximum absolute atomic E-state index is 12.8. The first-order chi connectivity index (χ1) is 13.4. The lowest BCUT2D eigenvalue weighted by Crippen LogP contribution is -2.55. The zero-order valence-corrected chi connectivity index (χ0v) is 16.1. The van der Waals surface area contributed by atoms with Gasteiger partial charge in [-0.2, -0.15) is 5.10 Å². The van der Waals surface area contributed by atoms with Crippen molar-refractivity contribution in [2.24, 2.45) is 5.10 Å². The summed E-state index contributed by atoms with van der Waals surface area (Å²) in [6, 6.07) is 15.1. The van der Waals surface area contributed by atoms with E-state index in [-0.39, 0.29) is 12.3 Å². The molecule has 2 aromatic rings. The second kappa shape index (κ2) is 7.82. The number of amides is 1. The second-order valence-electron chi connectivity index (χ2n) is 6.18. The number of hydrogen-bond donors (Lipinski definition) is 1. The second-order valence-corrected chi connectivity index (χ2v) is 6.61. The smallest absolute Gasteiger partial charge is 0.338 e. The van der Waals surface area contributed by atoms with Crippen LogP contribution in [-0.2, 0) is 19.1 Å². The van der Waals surface area contributed by atoms with Crippen molar-refractivity contribution in [3.05, 3.63) is 59.6 Å². The lowest BCUT2D eigenvalue weighted by atomic mass is 9.95. The minimum atomic E-state index is -1.70. The number of halogens is 1. The molecule has 2 aromatic carbocycles. The lowest BCUT2D eigenvalue weighted by Gasteiger charge is -2.31. The zero-order valence-electron chi connectivity index (χ0n) is 15.3. The van der Waals surface area contributed by atoms with Gasteiger partial charge < -0.3 is 4.74 Å². The van der Waals surface area contributed by atoms with E-state index in [0.29, 0.717) is 16.4 Å². The normalized spacial score (nSPS) is 20.5. The summed E-state index contributed by atoms with van der Waals surface area (Å²) in [6.45, 7) is 3.19. The first kappa shape index (κ1) is 19.6. The fourth-order valence-corrected chi connectivity index (χ4v) is 3.08. The van der Waals surface area contributed by atoms with Gasteiger partial charge in [0.05, 0.1) is 12.3 Å². The van der Waals surface area contributed by atoms with Crippen molar-refractivity contribution in [2.75, 3.05) is 16.9 Å². The molecule has 0 aliphatic carbocycles. The number of nitrogens with one attached hydrogen (secondary N) is 1. The predicted molar refractivity (Wildman–Crippen MR) is 106 cm³/mol. The summed E-state index contributed by atoms with van der Waals surface area (Å²) < 4.78 is 5.16. The number of carbonyl (C=O) groups excluding carboxylic acids is 3. The Kier molecular flexibility index (Phi) is 5.46. The number of para-hydroxylation sites is 1. The molecule has 1 saturated heterocycles. The van der Waals surface area contributed by atoms with Gasteiger partial charge in [0, 0.05) is 10.7 Å². The van der Waals surface area contributed by atoms with Crippen LogP contribution in [-0.4, -0.2) is 35.5 Å². The number of ketones is 1. The number of Topliss-reactive ketones (excluding diaryl/α,β-unsaturated/α-hetero) is 1. The van der Waals surface area contributed by atoms with Crippen molar-refractivity contribution < 1.29 is 19.1 Å². The average Bonchev–Trinajstić information content (AvgIpc) is 2.89. The quantitative estimate of drug-likeness (QED) is 0.474. The molecule has 1 amide bonds. The number of carbonyl (C=O) groups is 3. The third-order valence-electron chi connectivity index (χ3n) is 4.35. The van der Waals surface area contributed by atoms with Crippen molar-refractivity contribution >= 4 is 46.3 Å². The number of hydrogen-bond acceptors (Lipinski definition) is 6. The van der Waals surface area contributed by atoms with Crippen molar-refractivity contribution in [3.63, 3.8) is 0 Å². The minimum Gasteiger partial charge on any atom is -0.464 e. The van der Waals surface area contributed by atoms with E-state index in [9.17, 15) is 14.4 Å². The highest BCUT2D eigenvalue weighted by atomic mass is 35.5. The Bertz CT molecular complexity index is 944. The molecule has 0 aromatic heterocycles. The van der Waals surface area contributed by atoms with Crippen molar-refractivity contribution in [1.82, 2.24) is 0 Å². The van der Waals surface area contributed by atoms with E-state index >= 15 is 0 Å². The molecule has 1 heterocycles. The standard InChI is InChI=1S/C20H18ClN3O4/c1-3-28-19(27)20(2)17(23-22-14-11-9-13(21)10-12-14)16(25)18(26)24(20)15-7-5-4-6-8-15/h4-12,22H,3H2,1-2H3/b23-17-. The molecule has 0 spiro atoms. The third kappa shape index (κ3) is 3.36. The van der Waals surface area contributed by atoms with Gasteiger partial charge in [-0.05, 0) is 50.2 Å². The van der Waals surface area contributed by atoms with Gasteiger partial charge in [0.15, 0.2) is 11.3 Å². The Balaban J connectivity index is 2.07. The van der Waals surface area contributed by atoms with E-state index in [1.54, 1.807) is 61.5 Å². The van der Waals surface area contributed by atoms with Crippen LogP contribution in [0.3, 0.4) is 0 Å². The third-order valence-corrected chi connectivity index (χ3v) is 4.60. The molecule has 144 valence electrons. The van der Waals surface area contributed by atoms with Gasteiger partial charge in [0.25, 0.3) is 5.78 Å². The zero-order chi connectivity index (χ0) is 20.3. The van der Waals surface area contributed by atoms with Crippen LogP contribution in [0.1, 0.15) is 13.8 Å². The molecule has 0 saturated carbocycles. The van der Waals surface area contributed by atoms with Crippen LogP contribution < -0.4 is 10.3 Å². The van der Waals surface area contributed by atoms with E-state index in [1.165, 1.54) is 6.92 Å². The molecule has 1 atom stereocenters. The Hall–Kier alpha value is -3.19.